The summed E-state index contributed by atoms with van der Waals surface area (Å²) in [6.45, 7) is 4.97. The molecule has 1 atom stereocenters. The minimum atomic E-state index is -0.823. The fraction of sp³-hybridized carbons (Fsp3) is 0.571. The molecule has 0 saturated carbocycles. The summed E-state index contributed by atoms with van der Waals surface area (Å²) in [5.41, 5.74) is 1.06. The second kappa shape index (κ2) is 8.58. The van der Waals surface area contributed by atoms with Crippen LogP contribution < -0.4 is 10.6 Å². The van der Waals surface area contributed by atoms with Crippen molar-refractivity contribution in [1.29, 1.82) is 0 Å². The summed E-state index contributed by atoms with van der Waals surface area (Å²) in [5.74, 6) is -0.439. The van der Waals surface area contributed by atoms with Crippen LogP contribution in [0.25, 0.3) is 0 Å². The lowest BCUT2D eigenvalue weighted by Gasteiger charge is -2.18. The van der Waals surface area contributed by atoms with Crippen LogP contribution in [0.5, 0.6) is 0 Å². The summed E-state index contributed by atoms with van der Waals surface area (Å²) in [6, 6.07) is 1.70. The third-order valence-corrected chi connectivity index (χ3v) is 3.58. The van der Waals surface area contributed by atoms with Crippen molar-refractivity contribution in [3.8, 4) is 0 Å². The number of hydrogen-bond donors (Lipinski definition) is 3. The molecule has 0 spiro atoms. The standard InChI is InChI=1S/C14H22N2O3S/c1-10(2)5-12(6-13(17)18)8-16-14(19)15-7-11-3-4-20-9-11/h3-4,9-10,12H,5-8H2,1-2H3,(H,17,18)(H2,15,16,19)/t12-/m0/s1. The van der Waals surface area contributed by atoms with Gasteiger partial charge in [-0.15, -0.1) is 0 Å². The number of urea groups is 1. The van der Waals surface area contributed by atoms with Gasteiger partial charge in [0, 0.05) is 19.5 Å². The topological polar surface area (TPSA) is 78.4 Å². The van der Waals surface area contributed by atoms with E-state index >= 15 is 0 Å². The SMILES string of the molecule is CC(C)C[C@H](CNC(=O)NCc1ccsc1)CC(=O)O. The minimum absolute atomic E-state index is 0.0283. The van der Waals surface area contributed by atoms with E-state index in [9.17, 15) is 9.59 Å². The molecule has 1 rings (SSSR count). The van der Waals surface area contributed by atoms with Crippen molar-refractivity contribution in [1.82, 2.24) is 10.6 Å². The highest BCUT2D eigenvalue weighted by atomic mass is 32.1. The summed E-state index contributed by atoms with van der Waals surface area (Å²) in [6.07, 6.45) is 0.875. The van der Waals surface area contributed by atoms with Crippen LogP contribution in [0.4, 0.5) is 4.79 Å². The zero-order chi connectivity index (χ0) is 15.0. The Balaban J connectivity index is 2.30. The van der Waals surface area contributed by atoms with Gasteiger partial charge in [-0.3, -0.25) is 4.79 Å². The molecule has 112 valence electrons. The predicted molar refractivity (Wildman–Crippen MR) is 79.8 cm³/mol. The van der Waals surface area contributed by atoms with Crippen LogP contribution in [0.15, 0.2) is 16.8 Å². The first-order valence-electron chi connectivity index (χ1n) is 6.72. The van der Waals surface area contributed by atoms with Gasteiger partial charge in [0.1, 0.15) is 0 Å². The van der Waals surface area contributed by atoms with Gasteiger partial charge in [0.15, 0.2) is 0 Å². The molecule has 0 aromatic carbocycles. The van der Waals surface area contributed by atoms with Crippen LogP contribution >= 0.6 is 11.3 Å². The molecule has 0 fully saturated rings. The van der Waals surface area contributed by atoms with E-state index in [2.05, 4.69) is 10.6 Å². The lowest BCUT2D eigenvalue weighted by Crippen LogP contribution is -2.38. The monoisotopic (exact) mass is 298 g/mol. The molecular formula is C14H22N2O3S. The van der Waals surface area contributed by atoms with Gasteiger partial charge in [-0.1, -0.05) is 13.8 Å². The quantitative estimate of drug-likeness (QED) is 0.690. The number of rotatable bonds is 8. The van der Waals surface area contributed by atoms with Crippen molar-refractivity contribution in [2.24, 2.45) is 11.8 Å². The highest BCUT2D eigenvalue weighted by molar-refractivity contribution is 7.07. The number of carbonyl (C=O) groups excluding carboxylic acids is 1. The lowest BCUT2D eigenvalue weighted by atomic mass is 9.94. The van der Waals surface area contributed by atoms with Gasteiger partial charge in [-0.2, -0.15) is 11.3 Å². The molecule has 0 saturated heterocycles. The van der Waals surface area contributed by atoms with Gasteiger partial charge in [-0.25, -0.2) is 4.79 Å². The molecule has 1 aromatic rings. The van der Waals surface area contributed by atoms with Crippen LogP contribution in [0, 0.1) is 11.8 Å². The lowest BCUT2D eigenvalue weighted by molar-refractivity contribution is -0.138. The minimum Gasteiger partial charge on any atom is -0.481 e. The molecule has 0 aliphatic carbocycles. The summed E-state index contributed by atoms with van der Waals surface area (Å²) < 4.78 is 0. The molecule has 0 aliphatic rings. The van der Waals surface area contributed by atoms with Crippen molar-refractivity contribution in [2.75, 3.05) is 6.54 Å². The number of aliphatic carboxylic acids is 1. The Hall–Kier alpha value is -1.56. The van der Waals surface area contributed by atoms with E-state index in [1.54, 1.807) is 11.3 Å². The Bertz CT molecular complexity index is 418. The van der Waals surface area contributed by atoms with Gasteiger partial charge in [0.25, 0.3) is 0 Å². The zero-order valence-electron chi connectivity index (χ0n) is 11.9. The van der Waals surface area contributed by atoms with Gasteiger partial charge in [-0.05, 0) is 40.6 Å². The van der Waals surface area contributed by atoms with E-state index in [1.807, 2.05) is 30.7 Å². The number of amides is 2. The first-order chi connectivity index (χ1) is 9.47. The molecule has 5 nitrogen and oxygen atoms in total. The summed E-state index contributed by atoms with van der Waals surface area (Å²) in [5, 5.41) is 18.3. The molecule has 0 radical (unpaired) electrons. The molecule has 1 aromatic heterocycles. The summed E-state index contributed by atoms with van der Waals surface area (Å²) in [7, 11) is 0. The first kappa shape index (κ1) is 16.5. The van der Waals surface area contributed by atoms with Gasteiger partial charge >= 0.3 is 12.0 Å². The number of carbonyl (C=O) groups is 2. The van der Waals surface area contributed by atoms with Gasteiger partial charge in [0.2, 0.25) is 0 Å². The first-order valence-corrected chi connectivity index (χ1v) is 7.66. The second-order valence-corrected chi connectivity index (χ2v) is 6.07. The Morgan fingerprint density at radius 2 is 2.10 bits per heavy atom. The fourth-order valence-corrected chi connectivity index (χ4v) is 2.70. The fourth-order valence-electron chi connectivity index (χ4n) is 2.03. The van der Waals surface area contributed by atoms with Crippen LogP contribution in [-0.2, 0) is 11.3 Å². The Morgan fingerprint density at radius 3 is 2.65 bits per heavy atom. The van der Waals surface area contributed by atoms with Crippen molar-refractivity contribution in [2.45, 2.75) is 33.2 Å². The van der Waals surface area contributed by atoms with Gasteiger partial charge < -0.3 is 15.7 Å². The molecule has 20 heavy (non-hydrogen) atoms. The third-order valence-electron chi connectivity index (χ3n) is 2.85. The Kier molecular flexibility index (Phi) is 7.08. The maximum Gasteiger partial charge on any atom is 0.315 e. The highest BCUT2D eigenvalue weighted by Gasteiger charge is 2.15. The van der Waals surface area contributed by atoms with E-state index in [0.29, 0.717) is 19.0 Å². The van der Waals surface area contributed by atoms with Crippen molar-refractivity contribution in [3.05, 3.63) is 22.4 Å². The summed E-state index contributed by atoms with van der Waals surface area (Å²) >= 11 is 1.59. The van der Waals surface area contributed by atoms with Crippen molar-refractivity contribution < 1.29 is 14.7 Å². The molecule has 1 heterocycles. The zero-order valence-corrected chi connectivity index (χ0v) is 12.7. The maximum atomic E-state index is 11.6. The predicted octanol–water partition coefficient (Wildman–Crippen LogP) is 2.68. The number of thiophene rings is 1. The van der Waals surface area contributed by atoms with E-state index in [4.69, 9.17) is 5.11 Å². The van der Waals surface area contributed by atoms with E-state index in [1.165, 1.54) is 0 Å². The number of carboxylic acid groups (broad SMARTS) is 1. The normalized spacial score (nSPS) is 12.2. The summed E-state index contributed by atoms with van der Waals surface area (Å²) in [4.78, 5) is 22.4. The van der Waals surface area contributed by atoms with Crippen molar-refractivity contribution in [3.63, 3.8) is 0 Å². The molecule has 3 N–H and O–H groups in total. The second-order valence-electron chi connectivity index (χ2n) is 5.29. The average Bonchev–Trinajstić information content (AvgIpc) is 2.85. The van der Waals surface area contributed by atoms with Crippen LogP contribution in [-0.4, -0.2) is 23.7 Å². The molecule has 0 unspecified atom stereocenters. The number of carboxylic acids is 1. The molecule has 6 heteroatoms. The smallest absolute Gasteiger partial charge is 0.315 e. The Morgan fingerprint density at radius 1 is 1.35 bits per heavy atom. The number of hydrogen-bond acceptors (Lipinski definition) is 3. The maximum absolute atomic E-state index is 11.6. The molecule has 0 bridgehead atoms. The van der Waals surface area contributed by atoms with E-state index < -0.39 is 5.97 Å². The highest BCUT2D eigenvalue weighted by Crippen LogP contribution is 2.14. The molecule has 2 amide bonds. The van der Waals surface area contributed by atoms with E-state index in [0.717, 1.165) is 12.0 Å². The van der Waals surface area contributed by atoms with Crippen LogP contribution in [0.3, 0.4) is 0 Å². The van der Waals surface area contributed by atoms with E-state index in [-0.39, 0.29) is 18.4 Å². The average molecular weight is 298 g/mol. The van der Waals surface area contributed by atoms with Gasteiger partial charge in [0.05, 0.1) is 0 Å². The van der Waals surface area contributed by atoms with Crippen LogP contribution in [0.1, 0.15) is 32.3 Å². The molecular weight excluding hydrogens is 276 g/mol. The largest absolute Gasteiger partial charge is 0.481 e. The Labute approximate surface area is 123 Å². The van der Waals surface area contributed by atoms with Crippen molar-refractivity contribution >= 4 is 23.3 Å². The van der Waals surface area contributed by atoms with Crippen LogP contribution in [0.2, 0.25) is 0 Å². The third kappa shape index (κ3) is 7.13. The number of nitrogens with one attached hydrogen (secondary N) is 2. The molecule has 0 aliphatic heterocycles.